The Bertz CT molecular complexity index is 818. The summed E-state index contributed by atoms with van der Waals surface area (Å²) in [6.45, 7) is 10.7. The van der Waals surface area contributed by atoms with E-state index in [2.05, 4.69) is 10.2 Å². The van der Waals surface area contributed by atoms with Gasteiger partial charge >= 0.3 is 0 Å². The molecule has 0 fully saturated rings. The second-order valence-corrected chi connectivity index (χ2v) is 7.10. The maximum absolute atomic E-state index is 13.1. The van der Waals surface area contributed by atoms with E-state index in [9.17, 15) is 9.59 Å². The van der Waals surface area contributed by atoms with Gasteiger partial charge in [-0.15, -0.1) is 0 Å². The lowest BCUT2D eigenvalue weighted by Gasteiger charge is -2.29. The van der Waals surface area contributed by atoms with E-state index in [-0.39, 0.29) is 11.8 Å². The van der Waals surface area contributed by atoms with Gasteiger partial charge in [0.25, 0.3) is 5.91 Å². The van der Waals surface area contributed by atoms with Gasteiger partial charge in [0.2, 0.25) is 5.91 Å². The van der Waals surface area contributed by atoms with Gasteiger partial charge in [0, 0.05) is 18.8 Å². The summed E-state index contributed by atoms with van der Waals surface area (Å²) >= 11 is 6.37. The van der Waals surface area contributed by atoms with E-state index < -0.39 is 6.04 Å². The molecule has 5 nitrogen and oxygen atoms in total. The van der Waals surface area contributed by atoms with Gasteiger partial charge in [0.15, 0.2) is 0 Å². The van der Waals surface area contributed by atoms with Gasteiger partial charge < -0.3 is 10.2 Å². The fraction of sp³-hybridized carbons (Fsp3) is 0.391. The van der Waals surface area contributed by atoms with Gasteiger partial charge in [0.05, 0.1) is 10.6 Å². The average Bonchev–Trinajstić information content (AvgIpc) is 2.73. The van der Waals surface area contributed by atoms with E-state index in [1.807, 2.05) is 58.0 Å². The van der Waals surface area contributed by atoms with Crippen LogP contribution in [0.3, 0.4) is 0 Å². The quantitative estimate of drug-likeness (QED) is 0.637. The van der Waals surface area contributed by atoms with Crippen molar-refractivity contribution in [3.8, 4) is 0 Å². The highest BCUT2D eigenvalue weighted by atomic mass is 35.5. The molecule has 2 aromatic carbocycles. The first-order chi connectivity index (χ1) is 14.0. The standard InChI is InChI=1S/C23H30ClN3O2/c1-5-26(6-2)21(17-12-10-9-11-13-17)22(28)25-18-14-15-19(20(24)16-18)23(29)27(7-3)8-4/h9-16,21H,5-8H2,1-4H3,(H,25,28). The van der Waals surface area contributed by atoms with Crippen molar-refractivity contribution >= 4 is 29.1 Å². The monoisotopic (exact) mass is 415 g/mol. The topological polar surface area (TPSA) is 52.7 Å². The van der Waals surface area contributed by atoms with E-state index in [0.717, 1.165) is 18.7 Å². The molecule has 0 radical (unpaired) electrons. The van der Waals surface area contributed by atoms with Crippen LogP contribution in [-0.2, 0) is 4.79 Å². The molecule has 0 aliphatic rings. The average molecular weight is 416 g/mol. The zero-order valence-corrected chi connectivity index (χ0v) is 18.4. The molecular weight excluding hydrogens is 386 g/mol. The van der Waals surface area contributed by atoms with Crippen LogP contribution in [0.15, 0.2) is 48.5 Å². The minimum atomic E-state index is -0.401. The Hall–Kier alpha value is -2.37. The number of carbonyl (C=O) groups is 2. The molecule has 0 saturated heterocycles. The summed E-state index contributed by atoms with van der Waals surface area (Å²) in [5.41, 5.74) is 1.95. The van der Waals surface area contributed by atoms with Crippen LogP contribution in [-0.4, -0.2) is 47.8 Å². The number of amides is 2. The predicted octanol–water partition coefficient (Wildman–Crippen LogP) is 4.84. The van der Waals surface area contributed by atoms with Crippen molar-refractivity contribution in [3.63, 3.8) is 0 Å². The van der Waals surface area contributed by atoms with Crippen molar-refractivity contribution < 1.29 is 9.59 Å². The van der Waals surface area contributed by atoms with Gasteiger partial charge in [-0.25, -0.2) is 0 Å². The van der Waals surface area contributed by atoms with Crippen LogP contribution in [0.1, 0.15) is 49.7 Å². The van der Waals surface area contributed by atoms with Gasteiger partial charge in [-0.2, -0.15) is 0 Å². The fourth-order valence-corrected chi connectivity index (χ4v) is 3.67. The van der Waals surface area contributed by atoms with E-state index in [4.69, 9.17) is 11.6 Å². The van der Waals surface area contributed by atoms with Crippen LogP contribution >= 0.6 is 11.6 Å². The number of rotatable bonds is 9. The number of nitrogens with one attached hydrogen (secondary N) is 1. The van der Waals surface area contributed by atoms with E-state index >= 15 is 0 Å². The van der Waals surface area contributed by atoms with Gasteiger partial charge in [0.1, 0.15) is 6.04 Å². The molecule has 156 valence electrons. The van der Waals surface area contributed by atoms with Gasteiger partial charge in [-0.05, 0) is 50.7 Å². The van der Waals surface area contributed by atoms with Crippen LogP contribution in [0.2, 0.25) is 5.02 Å². The van der Waals surface area contributed by atoms with E-state index in [1.165, 1.54) is 0 Å². The molecule has 0 aromatic heterocycles. The number of nitrogens with zero attached hydrogens (tertiary/aromatic N) is 2. The van der Waals surface area contributed by atoms with Crippen molar-refractivity contribution in [2.24, 2.45) is 0 Å². The second-order valence-electron chi connectivity index (χ2n) is 6.70. The number of halogens is 1. The molecule has 0 heterocycles. The third-order valence-electron chi connectivity index (χ3n) is 5.06. The number of benzene rings is 2. The molecule has 0 bridgehead atoms. The maximum atomic E-state index is 13.1. The Labute approximate surface area is 178 Å². The molecule has 6 heteroatoms. The SMILES string of the molecule is CCN(CC)C(=O)c1ccc(NC(=O)C(c2ccccc2)N(CC)CC)cc1Cl. The summed E-state index contributed by atoms with van der Waals surface area (Å²) in [5.74, 6) is -0.234. The summed E-state index contributed by atoms with van der Waals surface area (Å²) in [5, 5.41) is 3.30. The summed E-state index contributed by atoms with van der Waals surface area (Å²) in [7, 11) is 0. The van der Waals surface area contributed by atoms with Crippen molar-refractivity contribution in [2.75, 3.05) is 31.5 Å². The highest BCUT2D eigenvalue weighted by molar-refractivity contribution is 6.34. The van der Waals surface area contributed by atoms with Crippen molar-refractivity contribution in [1.29, 1.82) is 0 Å². The predicted molar refractivity (Wildman–Crippen MR) is 119 cm³/mol. The van der Waals surface area contributed by atoms with Gasteiger partial charge in [-0.3, -0.25) is 14.5 Å². The molecule has 0 aliphatic carbocycles. The largest absolute Gasteiger partial charge is 0.339 e. The molecule has 0 saturated carbocycles. The first kappa shape index (κ1) is 22.9. The van der Waals surface area contributed by atoms with Crippen LogP contribution in [0.25, 0.3) is 0 Å². The van der Waals surface area contributed by atoms with Crippen LogP contribution in [0.5, 0.6) is 0 Å². The molecule has 2 aromatic rings. The van der Waals surface area contributed by atoms with Crippen LogP contribution in [0.4, 0.5) is 5.69 Å². The zero-order chi connectivity index (χ0) is 21.4. The number of hydrogen-bond acceptors (Lipinski definition) is 3. The van der Waals surface area contributed by atoms with Gasteiger partial charge in [-0.1, -0.05) is 55.8 Å². The number of anilines is 1. The first-order valence-electron chi connectivity index (χ1n) is 10.1. The van der Waals surface area contributed by atoms with E-state index in [0.29, 0.717) is 29.4 Å². The Kier molecular flexibility index (Phi) is 8.68. The zero-order valence-electron chi connectivity index (χ0n) is 17.6. The Morgan fingerprint density at radius 2 is 1.55 bits per heavy atom. The molecule has 1 unspecified atom stereocenters. The summed E-state index contributed by atoms with van der Waals surface area (Å²) < 4.78 is 0. The second kappa shape index (κ2) is 11.0. The van der Waals surface area contributed by atoms with Crippen molar-refractivity contribution in [1.82, 2.24) is 9.80 Å². The number of carbonyl (C=O) groups excluding carboxylic acids is 2. The molecular formula is C23H30ClN3O2. The number of likely N-dealkylation sites (N-methyl/N-ethyl adjacent to an activating group) is 1. The van der Waals surface area contributed by atoms with Crippen LogP contribution < -0.4 is 5.32 Å². The Balaban J connectivity index is 2.26. The van der Waals surface area contributed by atoms with Crippen molar-refractivity contribution in [3.05, 3.63) is 64.7 Å². The highest BCUT2D eigenvalue weighted by Gasteiger charge is 2.26. The normalized spacial score (nSPS) is 11.9. The lowest BCUT2D eigenvalue weighted by Crippen LogP contribution is -2.37. The molecule has 1 N–H and O–H groups in total. The number of hydrogen-bond donors (Lipinski definition) is 1. The highest BCUT2D eigenvalue weighted by Crippen LogP contribution is 2.26. The fourth-order valence-electron chi connectivity index (χ4n) is 3.41. The third-order valence-corrected chi connectivity index (χ3v) is 5.37. The van der Waals surface area contributed by atoms with Crippen LogP contribution in [0, 0.1) is 0 Å². The maximum Gasteiger partial charge on any atom is 0.255 e. The minimum Gasteiger partial charge on any atom is -0.339 e. The molecule has 2 amide bonds. The minimum absolute atomic E-state index is 0.108. The molecule has 2 rings (SSSR count). The summed E-state index contributed by atoms with van der Waals surface area (Å²) in [6.07, 6.45) is 0. The Morgan fingerprint density at radius 1 is 0.931 bits per heavy atom. The van der Waals surface area contributed by atoms with E-state index in [1.54, 1.807) is 23.1 Å². The lowest BCUT2D eigenvalue weighted by atomic mass is 10.0. The Morgan fingerprint density at radius 3 is 2.07 bits per heavy atom. The smallest absolute Gasteiger partial charge is 0.255 e. The summed E-state index contributed by atoms with van der Waals surface area (Å²) in [4.78, 5) is 29.5. The molecule has 29 heavy (non-hydrogen) atoms. The van der Waals surface area contributed by atoms with Crippen molar-refractivity contribution in [2.45, 2.75) is 33.7 Å². The third kappa shape index (κ3) is 5.58. The molecule has 0 aliphatic heterocycles. The molecule has 1 atom stereocenters. The first-order valence-corrected chi connectivity index (χ1v) is 10.5. The molecule has 0 spiro atoms. The summed E-state index contributed by atoms with van der Waals surface area (Å²) in [6, 6.07) is 14.4. The lowest BCUT2D eigenvalue weighted by molar-refractivity contribution is -0.121.